The number of quaternary nitrogens is 1. The van der Waals surface area contributed by atoms with Crippen LogP contribution < -0.4 is 0 Å². The molecule has 336 valence electrons. The molecule has 0 amide bonds. The third-order valence-corrected chi connectivity index (χ3v) is 9.69. The molecule has 11 heteroatoms. The first-order chi connectivity index (χ1) is 28.4. The van der Waals surface area contributed by atoms with E-state index in [9.17, 15) is 24.2 Å². The van der Waals surface area contributed by atoms with E-state index in [1.54, 1.807) is 12.2 Å². The van der Waals surface area contributed by atoms with Crippen LogP contribution in [0.3, 0.4) is 0 Å². The number of hydrogen-bond donors (Lipinski definition) is 2. The third-order valence-electron chi connectivity index (χ3n) is 8.70. The normalized spacial score (nSPS) is 15.0. The molecule has 0 aromatic heterocycles. The predicted octanol–water partition coefficient (Wildman–Crippen LogP) is 11.5. The molecule has 10 nitrogen and oxygen atoms in total. The fourth-order valence-corrected chi connectivity index (χ4v) is 5.97. The predicted molar refractivity (Wildman–Crippen MR) is 244 cm³/mol. The van der Waals surface area contributed by atoms with Gasteiger partial charge in [-0.2, -0.15) is 0 Å². The van der Waals surface area contributed by atoms with Gasteiger partial charge < -0.3 is 24.0 Å². The van der Waals surface area contributed by atoms with Crippen LogP contribution in [0.2, 0.25) is 0 Å². The maximum Gasteiger partial charge on any atom is 0.472 e. The van der Waals surface area contributed by atoms with Crippen LogP contribution in [-0.4, -0.2) is 86.1 Å². The van der Waals surface area contributed by atoms with Gasteiger partial charge in [0.1, 0.15) is 19.8 Å². The third kappa shape index (κ3) is 42.8. The summed E-state index contributed by atoms with van der Waals surface area (Å²) in [5, 5.41) is 10.3. The molecule has 0 rings (SSSR count). The van der Waals surface area contributed by atoms with Gasteiger partial charge in [0.25, 0.3) is 0 Å². The Morgan fingerprint density at radius 1 is 0.627 bits per heavy atom. The van der Waals surface area contributed by atoms with Crippen LogP contribution in [0.1, 0.15) is 136 Å². The van der Waals surface area contributed by atoms with E-state index >= 15 is 0 Å². The van der Waals surface area contributed by atoms with Gasteiger partial charge in [-0.25, -0.2) is 4.57 Å². The number of hydrogen-bond acceptors (Lipinski definition) is 8. The van der Waals surface area contributed by atoms with E-state index in [1.165, 1.54) is 38.5 Å². The average Bonchev–Trinajstić information content (AvgIpc) is 3.18. The molecule has 59 heavy (non-hydrogen) atoms. The average molecular weight is 847 g/mol. The molecule has 0 aliphatic rings. The molecule has 0 fully saturated rings. The fraction of sp³-hybridized carbons (Fsp3) is 0.625. The van der Waals surface area contributed by atoms with Crippen LogP contribution in [0.5, 0.6) is 0 Å². The highest BCUT2D eigenvalue weighted by Gasteiger charge is 2.27. The number of likely N-dealkylation sites (N-methyl/N-ethyl adjacent to an activating group) is 1. The standard InChI is InChI=1S/C48H80NO9P/c1-6-8-10-12-14-16-18-20-21-22-23-25-27-29-31-33-35-39-48(52)58-46(44-57-59(53,54)56-42-41-49(3,4)5)43-55-47(51)40-36-38-45(50)37-34-32-30-28-26-24-19-17-15-13-11-9-7-2/h8,10,14,16,20-21,23-26,29-32,34,37,45-46,50H,6-7,9,11-13,15,17-19,22,27-28,33,35-36,38-44H2,1-5H3/p+1/b10-8-,16-14-,21-20-,25-23-,26-24+,31-29-,32-30+,37-34+/t45?,46-/m1/s1. The van der Waals surface area contributed by atoms with Gasteiger partial charge in [0, 0.05) is 12.8 Å². The molecule has 2 N–H and O–H groups in total. The Morgan fingerprint density at radius 2 is 1.17 bits per heavy atom. The number of nitrogens with zero attached hydrogens (tertiary/aromatic N) is 1. The first-order valence-corrected chi connectivity index (χ1v) is 23.6. The number of aliphatic hydroxyl groups is 1. The molecule has 0 heterocycles. The summed E-state index contributed by atoms with van der Waals surface area (Å²) in [6.07, 6.45) is 47.9. The minimum atomic E-state index is -4.44. The van der Waals surface area contributed by atoms with Crippen LogP contribution >= 0.6 is 7.82 Å². The maximum absolute atomic E-state index is 12.7. The van der Waals surface area contributed by atoms with E-state index in [2.05, 4.69) is 80.7 Å². The first kappa shape index (κ1) is 55.9. The molecule has 0 saturated heterocycles. The SMILES string of the molecule is CC/C=C\C/C=C\C/C=C\C/C=C\C/C=C\CCCC(=O)O[C@H](COC(=O)CCCC(O)/C=C/C=C/C/C=C/CCCCCCCC)COP(=O)(O)OCC[N+](C)(C)C. The Balaban J connectivity index is 4.66. The number of allylic oxidation sites excluding steroid dienone is 15. The summed E-state index contributed by atoms with van der Waals surface area (Å²) in [5.41, 5.74) is 0. The van der Waals surface area contributed by atoms with Crippen molar-refractivity contribution in [2.75, 3.05) is 47.5 Å². The molecule has 0 aliphatic carbocycles. The zero-order chi connectivity index (χ0) is 43.7. The Morgan fingerprint density at radius 3 is 1.78 bits per heavy atom. The first-order valence-electron chi connectivity index (χ1n) is 22.1. The second-order valence-electron chi connectivity index (χ2n) is 15.5. The topological polar surface area (TPSA) is 129 Å². The lowest BCUT2D eigenvalue weighted by atomic mass is 10.1. The van der Waals surface area contributed by atoms with Crippen molar-refractivity contribution in [3.05, 3.63) is 97.2 Å². The van der Waals surface area contributed by atoms with Crippen molar-refractivity contribution in [1.29, 1.82) is 0 Å². The van der Waals surface area contributed by atoms with E-state index in [1.807, 2.05) is 39.4 Å². The number of aliphatic hydroxyl groups excluding tert-OH is 1. The Labute approximate surface area is 358 Å². The summed E-state index contributed by atoms with van der Waals surface area (Å²) < 4.78 is 34.1. The van der Waals surface area contributed by atoms with Crippen LogP contribution in [0.15, 0.2) is 97.2 Å². The van der Waals surface area contributed by atoms with Crippen LogP contribution in [0.4, 0.5) is 0 Å². The van der Waals surface area contributed by atoms with E-state index in [-0.39, 0.29) is 26.1 Å². The van der Waals surface area contributed by atoms with Crippen molar-refractivity contribution in [1.82, 2.24) is 0 Å². The Bertz CT molecular complexity index is 1340. The van der Waals surface area contributed by atoms with Crippen LogP contribution in [0, 0.1) is 0 Å². The van der Waals surface area contributed by atoms with Crippen molar-refractivity contribution in [2.45, 2.75) is 148 Å². The molecule has 0 aromatic carbocycles. The highest BCUT2D eigenvalue weighted by molar-refractivity contribution is 7.47. The number of phosphoric ester groups is 1. The number of carbonyl (C=O) groups is 2. The second kappa shape index (κ2) is 39.1. The van der Waals surface area contributed by atoms with E-state index < -0.39 is 38.6 Å². The molecule has 3 atom stereocenters. The van der Waals surface area contributed by atoms with Crippen molar-refractivity contribution < 1.29 is 47.2 Å². The smallest absolute Gasteiger partial charge is 0.462 e. The number of rotatable bonds is 38. The van der Waals surface area contributed by atoms with E-state index in [0.29, 0.717) is 36.7 Å². The highest BCUT2D eigenvalue weighted by atomic mass is 31.2. The van der Waals surface area contributed by atoms with Gasteiger partial charge in [0.05, 0.1) is 33.9 Å². The van der Waals surface area contributed by atoms with Gasteiger partial charge in [-0.1, -0.05) is 143 Å². The number of unbranched alkanes of at least 4 members (excludes halogenated alkanes) is 7. The van der Waals surface area contributed by atoms with E-state index in [4.69, 9.17) is 18.5 Å². The lowest BCUT2D eigenvalue weighted by Gasteiger charge is -2.24. The molecule has 0 saturated carbocycles. The van der Waals surface area contributed by atoms with Crippen LogP contribution in [0.25, 0.3) is 0 Å². The Kier molecular flexibility index (Phi) is 37.0. The van der Waals surface area contributed by atoms with Gasteiger partial charge in [-0.05, 0) is 77.0 Å². The molecule has 0 aliphatic heterocycles. The largest absolute Gasteiger partial charge is 0.472 e. The van der Waals surface area contributed by atoms with Crippen molar-refractivity contribution in [3.63, 3.8) is 0 Å². The maximum atomic E-state index is 12.7. The summed E-state index contributed by atoms with van der Waals surface area (Å²) in [6.45, 7) is 3.98. The van der Waals surface area contributed by atoms with Crippen molar-refractivity contribution >= 4 is 19.8 Å². The molecule has 0 bridgehead atoms. The lowest BCUT2D eigenvalue weighted by Crippen LogP contribution is -2.37. The van der Waals surface area contributed by atoms with Gasteiger partial charge in [-0.15, -0.1) is 0 Å². The second-order valence-corrected chi connectivity index (χ2v) is 17.0. The number of esters is 2. The summed E-state index contributed by atoms with van der Waals surface area (Å²) in [6, 6.07) is 0. The molecular weight excluding hydrogens is 766 g/mol. The summed E-state index contributed by atoms with van der Waals surface area (Å²) in [4.78, 5) is 35.4. The summed E-state index contributed by atoms with van der Waals surface area (Å²) >= 11 is 0. The van der Waals surface area contributed by atoms with Gasteiger partial charge in [0.15, 0.2) is 6.10 Å². The molecule has 0 radical (unpaired) electrons. The quantitative estimate of drug-likeness (QED) is 0.0156. The minimum Gasteiger partial charge on any atom is -0.462 e. The highest BCUT2D eigenvalue weighted by Crippen LogP contribution is 2.43. The summed E-state index contributed by atoms with van der Waals surface area (Å²) in [5.74, 6) is -1.08. The van der Waals surface area contributed by atoms with Gasteiger partial charge in [0.2, 0.25) is 0 Å². The van der Waals surface area contributed by atoms with Gasteiger partial charge >= 0.3 is 19.8 Å². The van der Waals surface area contributed by atoms with Crippen LogP contribution in [-0.2, 0) is 32.7 Å². The number of ether oxygens (including phenoxy) is 2. The fourth-order valence-electron chi connectivity index (χ4n) is 5.23. The zero-order valence-electron chi connectivity index (χ0n) is 37.3. The van der Waals surface area contributed by atoms with Crippen molar-refractivity contribution in [2.24, 2.45) is 0 Å². The summed E-state index contributed by atoms with van der Waals surface area (Å²) in [7, 11) is 1.32. The van der Waals surface area contributed by atoms with Crippen molar-refractivity contribution in [3.8, 4) is 0 Å². The number of carbonyl (C=O) groups excluding carboxylic acids is 2. The lowest BCUT2D eigenvalue weighted by molar-refractivity contribution is -0.870. The minimum absolute atomic E-state index is 0.0133. The monoisotopic (exact) mass is 847 g/mol. The van der Waals surface area contributed by atoms with Gasteiger partial charge in [-0.3, -0.25) is 18.6 Å². The molecular formula is C48H81NO9P+. The molecule has 0 aromatic rings. The molecule has 0 spiro atoms. The Hall–Kier alpha value is -3.11. The number of phosphoric acid groups is 1. The molecule has 2 unspecified atom stereocenters. The zero-order valence-corrected chi connectivity index (χ0v) is 38.2. The van der Waals surface area contributed by atoms with E-state index in [0.717, 1.165) is 44.9 Å².